The number of anilines is 3. The first-order valence-electron chi connectivity index (χ1n) is 13.7. The molecule has 0 spiro atoms. The number of hydrogen-bond acceptors (Lipinski definition) is 8. The second-order valence-corrected chi connectivity index (χ2v) is 13.7. The lowest BCUT2D eigenvalue weighted by Crippen LogP contribution is -2.34. The highest BCUT2D eigenvalue weighted by molar-refractivity contribution is 7.88. The first-order chi connectivity index (χ1) is 21.2. The minimum Gasteiger partial charge on any atom is -0.370 e. The molecule has 1 aliphatic heterocycles. The Hall–Kier alpha value is -3.19. The molecule has 3 aromatic rings. The molecule has 1 heterocycles. The number of carbonyl (C=O) groups is 2. The van der Waals surface area contributed by atoms with E-state index in [2.05, 4.69) is 20.3 Å². The summed E-state index contributed by atoms with van der Waals surface area (Å²) < 4.78 is 25.5. The van der Waals surface area contributed by atoms with Crippen molar-refractivity contribution in [3.05, 3.63) is 79.7 Å². The third kappa shape index (κ3) is 8.75. The topological polar surface area (TPSA) is 132 Å². The molecule has 0 radical (unpaired) electrons. The molecule has 0 aliphatic carbocycles. The summed E-state index contributed by atoms with van der Waals surface area (Å²) >= 11 is 25.5. The first-order valence-corrected chi connectivity index (χ1v) is 17.1. The van der Waals surface area contributed by atoms with E-state index in [0.717, 1.165) is 17.5 Å². The van der Waals surface area contributed by atoms with E-state index >= 15 is 0 Å². The predicted octanol–water partition coefficient (Wildman–Crippen LogP) is 6.85. The summed E-state index contributed by atoms with van der Waals surface area (Å²) in [6.07, 6.45) is 1.12. The van der Waals surface area contributed by atoms with Crippen LogP contribution < -0.4 is 20.3 Å². The van der Waals surface area contributed by atoms with E-state index in [1.165, 1.54) is 19.1 Å². The highest BCUT2D eigenvalue weighted by Crippen LogP contribution is 2.39. The molecule has 3 aromatic carbocycles. The normalized spacial score (nSPS) is 15.7. The van der Waals surface area contributed by atoms with Crippen LogP contribution in [0.15, 0.2) is 58.5 Å². The standard InChI is InChI=1S/C30H30Cl4N6O4S/c1-5-40(11-10-35-45(4,43)44)20-7-9-24(16(2)12-20)37-28-29(42)27(26-22(33)13-18(31)14-23(26)34)39-30(28)38-25-15-19(36-17(3)41)6-8-21(25)32/h6-9,12-15,27,35H,5,10-11H2,1-4H3,(H,36,41)(H,38,39). The number of carbonyl (C=O) groups excluding carboxylic acids is 2. The second kappa shape index (κ2) is 14.5. The van der Waals surface area contributed by atoms with Crippen LogP contribution in [0.5, 0.6) is 0 Å². The molecule has 45 heavy (non-hydrogen) atoms. The zero-order valence-electron chi connectivity index (χ0n) is 24.7. The van der Waals surface area contributed by atoms with Crippen molar-refractivity contribution >= 4 is 102 Å². The minimum absolute atomic E-state index is 0.0173. The van der Waals surface area contributed by atoms with E-state index in [9.17, 15) is 18.0 Å². The lowest BCUT2D eigenvalue weighted by atomic mass is 10.0. The summed E-state index contributed by atoms with van der Waals surface area (Å²) in [6, 6.07) is 12.2. The molecular formula is C30H30Cl4N6O4S. The van der Waals surface area contributed by atoms with Gasteiger partial charge in [0.2, 0.25) is 21.7 Å². The monoisotopic (exact) mass is 710 g/mol. The molecule has 1 aliphatic rings. The zero-order chi connectivity index (χ0) is 33.1. The summed E-state index contributed by atoms with van der Waals surface area (Å²) in [6.45, 7) is 6.55. The van der Waals surface area contributed by atoms with Crippen molar-refractivity contribution in [2.24, 2.45) is 9.98 Å². The molecule has 1 atom stereocenters. The summed E-state index contributed by atoms with van der Waals surface area (Å²) in [4.78, 5) is 37.0. The number of amides is 1. The Bertz CT molecular complexity index is 1810. The Morgan fingerprint density at radius 2 is 1.71 bits per heavy atom. The van der Waals surface area contributed by atoms with E-state index in [4.69, 9.17) is 51.4 Å². The largest absolute Gasteiger partial charge is 0.370 e. The van der Waals surface area contributed by atoms with E-state index in [1.54, 1.807) is 24.3 Å². The van der Waals surface area contributed by atoms with Crippen LogP contribution in [0, 0.1) is 6.92 Å². The number of benzene rings is 3. The Balaban J connectivity index is 1.74. The molecule has 0 aromatic heterocycles. The maximum atomic E-state index is 13.9. The van der Waals surface area contributed by atoms with Crippen LogP contribution in [0.4, 0.5) is 22.7 Å². The van der Waals surface area contributed by atoms with E-state index in [1.807, 2.05) is 30.9 Å². The average molecular weight is 712 g/mol. The van der Waals surface area contributed by atoms with Gasteiger partial charge in [-0.05, 0) is 67.9 Å². The van der Waals surface area contributed by atoms with Gasteiger partial charge in [-0.15, -0.1) is 0 Å². The summed E-state index contributed by atoms with van der Waals surface area (Å²) in [7, 11) is -3.31. The molecule has 1 unspecified atom stereocenters. The van der Waals surface area contributed by atoms with Gasteiger partial charge in [-0.2, -0.15) is 0 Å². The molecule has 4 rings (SSSR count). The number of hydrogen-bond donors (Lipinski definition) is 3. The number of nitrogens with one attached hydrogen (secondary N) is 3. The van der Waals surface area contributed by atoms with E-state index in [0.29, 0.717) is 40.2 Å². The minimum atomic E-state index is -3.31. The highest BCUT2D eigenvalue weighted by Gasteiger charge is 2.38. The fraction of sp³-hybridized carbons (Fsp3) is 0.267. The second-order valence-electron chi connectivity index (χ2n) is 10.2. The molecule has 1 amide bonds. The third-order valence-electron chi connectivity index (χ3n) is 6.73. The van der Waals surface area contributed by atoms with Crippen LogP contribution in [-0.2, 0) is 19.6 Å². The van der Waals surface area contributed by atoms with Gasteiger partial charge in [0.25, 0.3) is 0 Å². The van der Waals surface area contributed by atoms with Gasteiger partial charge in [-0.1, -0.05) is 46.4 Å². The number of sulfonamides is 1. The maximum Gasteiger partial charge on any atom is 0.221 e. The molecule has 10 nitrogen and oxygen atoms in total. The van der Waals surface area contributed by atoms with Crippen molar-refractivity contribution in [2.45, 2.75) is 26.8 Å². The number of nitrogens with zero attached hydrogens (tertiary/aromatic N) is 3. The molecule has 15 heteroatoms. The average Bonchev–Trinajstić information content (AvgIpc) is 3.22. The predicted molar refractivity (Wildman–Crippen MR) is 185 cm³/mol. The van der Waals surface area contributed by atoms with Crippen molar-refractivity contribution in [1.82, 2.24) is 4.72 Å². The van der Waals surface area contributed by atoms with E-state index in [-0.39, 0.29) is 39.6 Å². The SMILES string of the molecule is CCN(CCNS(C)(=O)=O)c1ccc(N=C2C(=O)C(c3c(Cl)cc(Cl)cc3Cl)N=C2Nc2cc(NC(C)=O)ccc2Cl)c(C)c1. The van der Waals surface area contributed by atoms with Gasteiger partial charge in [0.15, 0.2) is 11.5 Å². The van der Waals surface area contributed by atoms with Crippen molar-refractivity contribution in [1.29, 1.82) is 0 Å². The number of amidine groups is 1. The number of ketones is 1. The number of likely N-dealkylation sites (N-methyl/N-ethyl adjacent to an activating group) is 1. The fourth-order valence-electron chi connectivity index (χ4n) is 4.65. The van der Waals surface area contributed by atoms with Gasteiger partial charge in [-0.3, -0.25) is 9.59 Å². The number of aryl methyl sites for hydroxylation is 1. The van der Waals surface area contributed by atoms with Crippen molar-refractivity contribution in [3.63, 3.8) is 0 Å². The summed E-state index contributed by atoms with van der Waals surface area (Å²) in [5, 5.41) is 6.77. The number of rotatable bonds is 10. The van der Waals surface area contributed by atoms with Gasteiger partial charge < -0.3 is 15.5 Å². The van der Waals surface area contributed by atoms with Crippen LogP contribution in [0.25, 0.3) is 0 Å². The smallest absolute Gasteiger partial charge is 0.221 e. The quantitative estimate of drug-likeness (QED) is 0.211. The Kier molecular flexibility index (Phi) is 11.2. The Labute approximate surface area is 281 Å². The maximum absolute atomic E-state index is 13.9. The molecule has 0 fully saturated rings. The van der Waals surface area contributed by atoms with Crippen LogP contribution in [0.3, 0.4) is 0 Å². The van der Waals surface area contributed by atoms with Gasteiger partial charge >= 0.3 is 0 Å². The molecule has 238 valence electrons. The van der Waals surface area contributed by atoms with Gasteiger partial charge in [0, 0.05) is 58.6 Å². The molecular weight excluding hydrogens is 682 g/mol. The highest BCUT2D eigenvalue weighted by atomic mass is 35.5. The van der Waals surface area contributed by atoms with Crippen LogP contribution in [0.2, 0.25) is 20.1 Å². The Morgan fingerprint density at radius 3 is 2.31 bits per heavy atom. The van der Waals surface area contributed by atoms with Gasteiger partial charge in [-0.25, -0.2) is 23.1 Å². The van der Waals surface area contributed by atoms with Crippen molar-refractivity contribution in [2.75, 3.05) is 41.4 Å². The van der Waals surface area contributed by atoms with Crippen LogP contribution in [0.1, 0.15) is 31.0 Å². The van der Waals surface area contributed by atoms with Gasteiger partial charge in [0.1, 0.15) is 6.04 Å². The van der Waals surface area contributed by atoms with Gasteiger partial charge in [0.05, 0.1) is 22.7 Å². The number of aliphatic imine (C=N–C) groups is 2. The molecule has 0 bridgehead atoms. The summed E-state index contributed by atoms with van der Waals surface area (Å²) in [5.74, 6) is -0.596. The van der Waals surface area contributed by atoms with Crippen molar-refractivity contribution < 1.29 is 18.0 Å². The van der Waals surface area contributed by atoms with E-state index < -0.39 is 21.8 Å². The molecule has 0 saturated heterocycles. The third-order valence-corrected chi connectivity index (χ3v) is 8.63. The number of halogens is 4. The van der Waals surface area contributed by atoms with Crippen LogP contribution >= 0.6 is 46.4 Å². The molecule has 3 N–H and O–H groups in total. The fourth-order valence-corrected chi connectivity index (χ4v) is 6.30. The number of Topliss-reactive ketones (excluding diaryl/α,β-unsaturated/α-hetero) is 1. The Morgan fingerprint density at radius 1 is 1.02 bits per heavy atom. The van der Waals surface area contributed by atoms with Crippen LogP contribution in [-0.4, -0.2) is 57.5 Å². The first kappa shape index (κ1) is 34.7. The molecule has 0 saturated carbocycles. The van der Waals surface area contributed by atoms with Crippen molar-refractivity contribution in [3.8, 4) is 0 Å². The zero-order valence-corrected chi connectivity index (χ0v) is 28.6. The lowest BCUT2D eigenvalue weighted by molar-refractivity contribution is -0.114. The summed E-state index contributed by atoms with van der Waals surface area (Å²) in [5.41, 5.74) is 3.29. The lowest BCUT2D eigenvalue weighted by Gasteiger charge is -2.24.